The SMILES string of the molecule is Cc1c(C)c(C[NH+]2CCCCC2)c(C)c(C)c1C[NH+]1CCCCC1. The van der Waals surface area contributed by atoms with Gasteiger partial charge in [0, 0.05) is 11.1 Å². The number of rotatable bonds is 4. The van der Waals surface area contributed by atoms with E-state index in [2.05, 4.69) is 27.7 Å². The standard InChI is InChI=1S/C22H36N2/c1-17-18(2)22(16-24-13-9-6-10-14-24)20(4)19(3)21(17)15-23-11-7-5-8-12-23/h5-16H2,1-4H3/p+2. The fraction of sp³-hybridized carbons (Fsp3) is 0.727. The number of likely N-dealkylation sites (tertiary alicyclic amines) is 2. The fourth-order valence-corrected chi connectivity index (χ4v) is 4.96. The minimum Gasteiger partial charge on any atom is -0.331 e. The summed E-state index contributed by atoms with van der Waals surface area (Å²) in [5.41, 5.74) is 9.65. The maximum absolute atomic E-state index is 2.38. The summed E-state index contributed by atoms with van der Waals surface area (Å²) in [5.74, 6) is 0. The molecule has 2 saturated heterocycles. The summed E-state index contributed by atoms with van der Waals surface area (Å²) >= 11 is 0. The highest BCUT2D eigenvalue weighted by molar-refractivity contribution is 5.49. The lowest BCUT2D eigenvalue weighted by atomic mass is 9.88. The van der Waals surface area contributed by atoms with Gasteiger partial charge in [0.2, 0.25) is 0 Å². The van der Waals surface area contributed by atoms with Crippen molar-refractivity contribution in [3.63, 3.8) is 0 Å². The minimum absolute atomic E-state index is 1.25. The van der Waals surface area contributed by atoms with Crippen LogP contribution in [-0.2, 0) is 13.1 Å². The van der Waals surface area contributed by atoms with E-state index < -0.39 is 0 Å². The Balaban J connectivity index is 1.83. The third-order valence-corrected chi connectivity index (χ3v) is 6.91. The molecule has 2 heteroatoms. The Labute approximate surface area is 149 Å². The van der Waals surface area contributed by atoms with Gasteiger partial charge in [-0.05, 0) is 88.5 Å². The van der Waals surface area contributed by atoms with E-state index in [1.165, 1.54) is 77.8 Å². The van der Waals surface area contributed by atoms with Crippen molar-refractivity contribution >= 4 is 0 Å². The summed E-state index contributed by atoms with van der Waals surface area (Å²) < 4.78 is 0. The summed E-state index contributed by atoms with van der Waals surface area (Å²) in [5, 5.41) is 0. The van der Waals surface area contributed by atoms with Crippen LogP contribution in [0.3, 0.4) is 0 Å². The second-order valence-electron chi connectivity index (χ2n) is 8.43. The number of piperidine rings is 2. The molecule has 0 atom stereocenters. The van der Waals surface area contributed by atoms with E-state index >= 15 is 0 Å². The smallest absolute Gasteiger partial charge is 0.103 e. The molecule has 0 bridgehead atoms. The Morgan fingerprint density at radius 3 is 1.08 bits per heavy atom. The topological polar surface area (TPSA) is 8.88 Å². The first-order chi connectivity index (χ1) is 11.6. The highest BCUT2D eigenvalue weighted by atomic mass is 15.1. The van der Waals surface area contributed by atoms with Crippen LogP contribution in [0, 0.1) is 27.7 Å². The largest absolute Gasteiger partial charge is 0.331 e. The first-order valence-corrected chi connectivity index (χ1v) is 10.3. The zero-order valence-electron chi connectivity index (χ0n) is 16.5. The van der Waals surface area contributed by atoms with Crippen LogP contribution in [0.4, 0.5) is 0 Å². The molecule has 2 nitrogen and oxygen atoms in total. The first-order valence-electron chi connectivity index (χ1n) is 10.3. The van der Waals surface area contributed by atoms with Crippen LogP contribution in [0.5, 0.6) is 0 Å². The molecule has 0 saturated carbocycles. The zero-order valence-corrected chi connectivity index (χ0v) is 16.5. The van der Waals surface area contributed by atoms with Crippen LogP contribution in [0.1, 0.15) is 71.9 Å². The second kappa shape index (κ2) is 8.01. The lowest BCUT2D eigenvalue weighted by molar-refractivity contribution is -0.919. The van der Waals surface area contributed by atoms with E-state index in [4.69, 9.17) is 0 Å². The number of quaternary nitrogens is 2. The molecule has 134 valence electrons. The Kier molecular flexibility index (Phi) is 5.99. The molecule has 2 fully saturated rings. The molecular formula is C22H38N2+2. The van der Waals surface area contributed by atoms with Crippen LogP contribution < -0.4 is 9.80 Å². The summed E-state index contributed by atoms with van der Waals surface area (Å²) in [6.45, 7) is 17.5. The van der Waals surface area contributed by atoms with E-state index in [1.807, 2.05) is 0 Å². The van der Waals surface area contributed by atoms with Gasteiger partial charge in [-0.2, -0.15) is 0 Å². The van der Waals surface area contributed by atoms with Crippen molar-refractivity contribution < 1.29 is 9.80 Å². The molecule has 0 unspecified atom stereocenters. The van der Waals surface area contributed by atoms with Crippen molar-refractivity contribution in [2.45, 2.75) is 79.3 Å². The fourth-order valence-electron chi connectivity index (χ4n) is 4.96. The van der Waals surface area contributed by atoms with E-state index in [0.29, 0.717) is 0 Å². The lowest BCUT2D eigenvalue weighted by Crippen LogP contribution is -3.11. The normalized spacial score (nSPS) is 20.5. The molecule has 1 aromatic carbocycles. The highest BCUT2D eigenvalue weighted by Crippen LogP contribution is 2.26. The average Bonchev–Trinajstić information content (AvgIpc) is 2.62. The Bertz CT molecular complexity index is 484. The Morgan fingerprint density at radius 2 is 0.792 bits per heavy atom. The lowest BCUT2D eigenvalue weighted by Gasteiger charge is -2.29. The van der Waals surface area contributed by atoms with Gasteiger partial charge in [0.15, 0.2) is 0 Å². The van der Waals surface area contributed by atoms with Crippen molar-refractivity contribution in [3.05, 3.63) is 33.4 Å². The van der Waals surface area contributed by atoms with Gasteiger partial charge in [0.1, 0.15) is 13.1 Å². The first kappa shape index (κ1) is 17.9. The van der Waals surface area contributed by atoms with Crippen molar-refractivity contribution in [2.75, 3.05) is 26.2 Å². The maximum atomic E-state index is 2.38. The zero-order chi connectivity index (χ0) is 17.1. The van der Waals surface area contributed by atoms with Gasteiger partial charge >= 0.3 is 0 Å². The van der Waals surface area contributed by atoms with Gasteiger partial charge < -0.3 is 9.80 Å². The Hall–Kier alpha value is -0.860. The molecule has 0 aliphatic carbocycles. The van der Waals surface area contributed by atoms with Crippen LogP contribution in [0.2, 0.25) is 0 Å². The maximum Gasteiger partial charge on any atom is 0.103 e. The van der Waals surface area contributed by atoms with E-state index in [0.717, 1.165) is 0 Å². The van der Waals surface area contributed by atoms with Crippen LogP contribution >= 0.6 is 0 Å². The summed E-state index contributed by atoms with van der Waals surface area (Å²) in [6, 6.07) is 0. The van der Waals surface area contributed by atoms with Crippen LogP contribution in [0.25, 0.3) is 0 Å². The second-order valence-corrected chi connectivity index (χ2v) is 8.43. The van der Waals surface area contributed by atoms with Gasteiger partial charge in [-0.15, -0.1) is 0 Å². The van der Waals surface area contributed by atoms with Gasteiger partial charge in [-0.1, -0.05) is 0 Å². The van der Waals surface area contributed by atoms with Crippen molar-refractivity contribution in [1.82, 2.24) is 0 Å². The van der Waals surface area contributed by atoms with Gasteiger partial charge in [0.05, 0.1) is 26.2 Å². The van der Waals surface area contributed by atoms with Gasteiger partial charge in [-0.25, -0.2) is 0 Å². The summed E-state index contributed by atoms with van der Waals surface area (Å²) in [4.78, 5) is 3.61. The number of hydrogen-bond donors (Lipinski definition) is 2. The van der Waals surface area contributed by atoms with Gasteiger partial charge in [-0.3, -0.25) is 0 Å². The minimum atomic E-state index is 1.25. The molecule has 3 rings (SSSR count). The molecule has 0 amide bonds. The van der Waals surface area contributed by atoms with E-state index in [9.17, 15) is 0 Å². The predicted octanol–water partition coefficient (Wildman–Crippen LogP) is 2.06. The number of hydrogen-bond acceptors (Lipinski definition) is 0. The predicted molar refractivity (Wildman–Crippen MR) is 102 cm³/mol. The average molecular weight is 331 g/mol. The van der Waals surface area contributed by atoms with Crippen molar-refractivity contribution in [1.29, 1.82) is 0 Å². The number of benzene rings is 1. The molecule has 24 heavy (non-hydrogen) atoms. The molecule has 2 N–H and O–H groups in total. The number of nitrogens with one attached hydrogen (secondary N) is 2. The quantitative estimate of drug-likeness (QED) is 0.836. The monoisotopic (exact) mass is 330 g/mol. The molecule has 2 heterocycles. The van der Waals surface area contributed by atoms with E-state index in [-0.39, 0.29) is 0 Å². The van der Waals surface area contributed by atoms with Crippen LogP contribution in [0.15, 0.2) is 0 Å². The van der Waals surface area contributed by atoms with Crippen LogP contribution in [-0.4, -0.2) is 26.2 Å². The molecular weight excluding hydrogens is 292 g/mol. The molecule has 2 aliphatic heterocycles. The third-order valence-electron chi connectivity index (χ3n) is 6.91. The molecule has 0 spiro atoms. The molecule has 0 radical (unpaired) electrons. The van der Waals surface area contributed by atoms with E-state index in [1.54, 1.807) is 43.2 Å². The molecule has 1 aromatic rings. The van der Waals surface area contributed by atoms with Gasteiger partial charge in [0.25, 0.3) is 0 Å². The molecule has 0 aromatic heterocycles. The molecule has 2 aliphatic rings. The summed E-state index contributed by atoms with van der Waals surface area (Å²) in [6.07, 6.45) is 8.56. The Morgan fingerprint density at radius 1 is 0.500 bits per heavy atom. The van der Waals surface area contributed by atoms with Crippen molar-refractivity contribution in [2.24, 2.45) is 0 Å². The third kappa shape index (κ3) is 3.86. The van der Waals surface area contributed by atoms with Crippen molar-refractivity contribution in [3.8, 4) is 0 Å². The summed E-state index contributed by atoms with van der Waals surface area (Å²) in [7, 11) is 0. The highest BCUT2D eigenvalue weighted by Gasteiger charge is 2.23.